The van der Waals surface area contributed by atoms with Crippen LogP contribution in [-0.4, -0.2) is 65.2 Å². The molecule has 0 radical (unpaired) electrons. The molecular formula is C15H31NO5. The van der Waals surface area contributed by atoms with E-state index in [4.69, 9.17) is 24.7 Å². The Bertz CT molecular complexity index is 226. The Morgan fingerprint density at radius 2 is 1.24 bits per heavy atom. The number of nitrogens with two attached hydrogens (primary N) is 1. The Kier molecular flexibility index (Phi) is 17.1. The molecule has 0 saturated heterocycles. The lowest BCUT2D eigenvalue weighted by molar-refractivity contribution is -0.120. The summed E-state index contributed by atoms with van der Waals surface area (Å²) in [6, 6.07) is 0. The zero-order valence-corrected chi connectivity index (χ0v) is 13.3. The van der Waals surface area contributed by atoms with Crippen molar-refractivity contribution in [2.45, 2.75) is 32.6 Å². The van der Waals surface area contributed by atoms with E-state index < -0.39 is 0 Å². The lowest BCUT2D eigenvalue weighted by atomic mass is 10.1. The van der Waals surface area contributed by atoms with E-state index >= 15 is 0 Å². The molecule has 0 aromatic heterocycles. The van der Waals surface area contributed by atoms with Gasteiger partial charge in [0, 0.05) is 19.4 Å². The summed E-state index contributed by atoms with van der Waals surface area (Å²) in [5.41, 5.74) is 5.28. The molecule has 0 aliphatic heterocycles. The van der Waals surface area contributed by atoms with Crippen molar-refractivity contribution in [2.75, 3.05) is 59.4 Å². The van der Waals surface area contributed by atoms with Crippen LogP contribution in [0.4, 0.5) is 0 Å². The summed E-state index contributed by atoms with van der Waals surface area (Å²) in [6.07, 6.45) is 3.20. The van der Waals surface area contributed by atoms with Crippen molar-refractivity contribution < 1.29 is 23.7 Å². The minimum absolute atomic E-state index is 0.281. The fourth-order valence-electron chi connectivity index (χ4n) is 1.53. The molecule has 6 heteroatoms. The third-order valence-corrected chi connectivity index (χ3v) is 2.71. The van der Waals surface area contributed by atoms with Crippen LogP contribution < -0.4 is 5.73 Å². The van der Waals surface area contributed by atoms with Crippen LogP contribution in [0.15, 0.2) is 0 Å². The molecule has 6 nitrogen and oxygen atoms in total. The van der Waals surface area contributed by atoms with Gasteiger partial charge in [0.05, 0.1) is 52.9 Å². The van der Waals surface area contributed by atoms with Crippen molar-refractivity contribution in [3.05, 3.63) is 0 Å². The van der Waals surface area contributed by atoms with Crippen molar-refractivity contribution in [1.29, 1.82) is 0 Å². The fraction of sp³-hybridized carbons (Fsp3) is 0.933. The predicted molar refractivity (Wildman–Crippen MR) is 81.5 cm³/mol. The highest BCUT2D eigenvalue weighted by atomic mass is 16.6. The number of hydrogen-bond donors (Lipinski definition) is 1. The van der Waals surface area contributed by atoms with Crippen molar-refractivity contribution in [3.8, 4) is 0 Å². The minimum Gasteiger partial charge on any atom is -0.379 e. The largest absolute Gasteiger partial charge is 0.379 e. The number of carbonyl (C=O) groups excluding carboxylic acids is 1. The number of carbonyl (C=O) groups is 1. The van der Waals surface area contributed by atoms with Gasteiger partial charge in [-0.15, -0.1) is 0 Å². The Morgan fingerprint density at radius 1 is 0.762 bits per heavy atom. The van der Waals surface area contributed by atoms with Crippen LogP contribution in [0.5, 0.6) is 0 Å². The van der Waals surface area contributed by atoms with Crippen molar-refractivity contribution >= 4 is 5.78 Å². The van der Waals surface area contributed by atoms with Gasteiger partial charge in [-0.25, -0.2) is 0 Å². The third kappa shape index (κ3) is 17.4. The maximum Gasteiger partial charge on any atom is 0.135 e. The molecule has 0 saturated carbocycles. The number of unbranched alkanes of at least 4 members (excludes halogenated alkanes) is 1. The summed E-state index contributed by atoms with van der Waals surface area (Å²) in [4.78, 5) is 11.4. The number of ketones is 1. The van der Waals surface area contributed by atoms with Gasteiger partial charge in [-0.3, -0.25) is 4.79 Å². The molecule has 2 N–H and O–H groups in total. The van der Waals surface area contributed by atoms with Crippen LogP contribution >= 0.6 is 0 Å². The number of Topliss-reactive ketones (excluding diaryl/α,β-unsaturated/α-hetero) is 1. The van der Waals surface area contributed by atoms with Crippen LogP contribution in [0, 0.1) is 0 Å². The van der Waals surface area contributed by atoms with Crippen LogP contribution in [0.1, 0.15) is 32.6 Å². The fourth-order valence-corrected chi connectivity index (χ4v) is 1.53. The van der Waals surface area contributed by atoms with E-state index in [0.717, 1.165) is 12.8 Å². The van der Waals surface area contributed by atoms with Crippen LogP contribution in [0.25, 0.3) is 0 Å². The second kappa shape index (κ2) is 17.5. The van der Waals surface area contributed by atoms with E-state index in [9.17, 15) is 4.79 Å². The summed E-state index contributed by atoms with van der Waals surface area (Å²) in [5, 5.41) is 0. The van der Waals surface area contributed by atoms with Crippen molar-refractivity contribution in [1.82, 2.24) is 0 Å². The maximum absolute atomic E-state index is 11.4. The molecule has 0 unspecified atom stereocenters. The standard InChI is InChI=1S/C15H31NO5/c1-2-3-4-15(17)5-7-18-9-11-20-13-14-21-12-10-19-8-6-16/h2-14,16H2,1H3. The molecule has 0 aliphatic carbocycles. The third-order valence-electron chi connectivity index (χ3n) is 2.71. The van der Waals surface area contributed by atoms with Crippen molar-refractivity contribution in [2.24, 2.45) is 5.73 Å². The van der Waals surface area contributed by atoms with Gasteiger partial charge in [0.2, 0.25) is 0 Å². The molecule has 0 rings (SSSR count). The summed E-state index contributed by atoms with van der Waals surface area (Å²) in [7, 11) is 0. The smallest absolute Gasteiger partial charge is 0.135 e. The summed E-state index contributed by atoms with van der Waals surface area (Å²) in [5.74, 6) is 0.281. The first-order chi connectivity index (χ1) is 10.3. The highest BCUT2D eigenvalue weighted by Gasteiger charge is 2.00. The molecule has 126 valence electrons. The Hall–Kier alpha value is -0.530. The van der Waals surface area contributed by atoms with Gasteiger partial charge in [0.25, 0.3) is 0 Å². The van der Waals surface area contributed by atoms with E-state index in [2.05, 4.69) is 6.92 Å². The lowest BCUT2D eigenvalue weighted by Gasteiger charge is -2.07. The second-order valence-corrected chi connectivity index (χ2v) is 4.63. The monoisotopic (exact) mass is 305 g/mol. The first kappa shape index (κ1) is 20.5. The van der Waals surface area contributed by atoms with Gasteiger partial charge in [-0.05, 0) is 6.42 Å². The number of rotatable bonds is 17. The topological polar surface area (TPSA) is 80.0 Å². The molecule has 21 heavy (non-hydrogen) atoms. The first-order valence-electron chi connectivity index (χ1n) is 7.84. The molecule has 0 fully saturated rings. The van der Waals surface area contributed by atoms with Gasteiger partial charge in [-0.1, -0.05) is 13.3 Å². The van der Waals surface area contributed by atoms with E-state index in [-0.39, 0.29) is 5.78 Å². The average molecular weight is 305 g/mol. The van der Waals surface area contributed by atoms with Crippen LogP contribution in [0.2, 0.25) is 0 Å². The highest BCUT2D eigenvalue weighted by molar-refractivity contribution is 5.78. The average Bonchev–Trinajstić information content (AvgIpc) is 2.49. The Balaban J connectivity index is 3.04. The Labute approximate surface area is 128 Å². The maximum atomic E-state index is 11.4. The van der Waals surface area contributed by atoms with Gasteiger partial charge in [0.1, 0.15) is 5.78 Å². The van der Waals surface area contributed by atoms with Crippen molar-refractivity contribution in [3.63, 3.8) is 0 Å². The van der Waals surface area contributed by atoms with Crippen LogP contribution in [-0.2, 0) is 23.7 Å². The van der Waals surface area contributed by atoms with E-state index in [1.165, 1.54) is 0 Å². The minimum atomic E-state index is 0.281. The van der Waals surface area contributed by atoms with Gasteiger partial charge in [0.15, 0.2) is 0 Å². The molecule has 0 spiro atoms. The zero-order valence-electron chi connectivity index (χ0n) is 13.3. The molecule has 0 atom stereocenters. The molecular weight excluding hydrogens is 274 g/mol. The normalized spacial score (nSPS) is 11.0. The summed E-state index contributed by atoms with van der Waals surface area (Å²) < 4.78 is 21.1. The second-order valence-electron chi connectivity index (χ2n) is 4.63. The quantitative estimate of drug-likeness (QED) is 0.406. The number of hydrogen-bond acceptors (Lipinski definition) is 6. The first-order valence-corrected chi connectivity index (χ1v) is 7.84. The van der Waals surface area contributed by atoms with E-state index in [0.29, 0.717) is 72.2 Å². The molecule has 0 aromatic rings. The molecule has 0 aliphatic rings. The van der Waals surface area contributed by atoms with Gasteiger partial charge in [-0.2, -0.15) is 0 Å². The highest BCUT2D eigenvalue weighted by Crippen LogP contribution is 1.98. The predicted octanol–water partition coefficient (Wildman–Crippen LogP) is 1.16. The van der Waals surface area contributed by atoms with Gasteiger partial charge < -0.3 is 24.7 Å². The summed E-state index contributed by atoms with van der Waals surface area (Å²) in [6.45, 7) is 6.91. The number of ether oxygens (including phenoxy) is 4. The molecule has 0 aromatic carbocycles. The molecule has 0 amide bonds. The Morgan fingerprint density at radius 3 is 1.71 bits per heavy atom. The summed E-state index contributed by atoms with van der Waals surface area (Å²) >= 11 is 0. The SMILES string of the molecule is CCCCC(=O)CCOCCOCCOCCOCCN. The van der Waals surface area contributed by atoms with Crippen LogP contribution in [0.3, 0.4) is 0 Å². The van der Waals surface area contributed by atoms with Gasteiger partial charge >= 0.3 is 0 Å². The molecule has 0 heterocycles. The lowest BCUT2D eigenvalue weighted by Crippen LogP contribution is -2.14. The van der Waals surface area contributed by atoms with E-state index in [1.807, 2.05) is 0 Å². The molecule has 0 bridgehead atoms. The van der Waals surface area contributed by atoms with E-state index in [1.54, 1.807) is 0 Å². The zero-order chi connectivity index (χ0) is 15.6.